The minimum absolute atomic E-state index is 0.134. The monoisotopic (exact) mass is 147 g/mol. The molecule has 4 N–H and O–H groups in total. The van der Waals surface area contributed by atoms with Crippen molar-refractivity contribution in [3.05, 3.63) is 0 Å². The Labute approximate surface area is 61.9 Å². The van der Waals surface area contributed by atoms with Gasteiger partial charge in [-0.05, 0) is 6.42 Å². The number of aliphatic hydroxyl groups excluding tert-OH is 2. The fourth-order valence-corrected chi connectivity index (χ4v) is 0.749. The normalized spacial score (nSPS) is 16.8. The second-order valence-corrected chi connectivity index (χ2v) is 2.56. The van der Waals surface area contributed by atoms with E-state index in [4.69, 9.17) is 15.9 Å². The highest BCUT2D eigenvalue weighted by atomic mass is 16.3. The lowest BCUT2D eigenvalue weighted by atomic mass is 10.1. The van der Waals surface area contributed by atoms with Crippen molar-refractivity contribution in [1.29, 1.82) is 0 Å². The Morgan fingerprint density at radius 3 is 2.50 bits per heavy atom. The summed E-state index contributed by atoms with van der Waals surface area (Å²) in [6, 6.07) is -0.466. The maximum atomic E-state index is 9.16. The van der Waals surface area contributed by atoms with Crippen LogP contribution >= 0.6 is 0 Å². The van der Waals surface area contributed by atoms with Crippen molar-refractivity contribution >= 4 is 0 Å². The predicted molar refractivity (Wildman–Crippen MR) is 40.6 cm³/mol. The maximum absolute atomic E-state index is 9.16. The van der Waals surface area contributed by atoms with E-state index in [1.807, 2.05) is 0 Å². The van der Waals surface area contributed by atoms with E-state index >= 15 is 0 Å². The smallest absolute Gasteiger partial charge is 0.0713 e. The van der Waals surface area contributed by atoms with E-state index in [9.17, 15) is 0 Å². The molecule has 62 valence electrons. The molecule has 0 amide bonds. The van der Waals surface area contributed by atoms with Gasteiger partial charge in [-0.3, -0.25) is 0 Å². The van der Waals surface area contributed by atoms with Gasteiger partial charge in [0.1, 0.15) is 0 Å². The summed E-state index contributed by atoms with van der Waals surface area (Å²) in [5.41, 5.74) is 5.36. The van der Waals surface area contributed by atoms with Crippen molar-refractivity contribution in [2.24, 2.45) is 5.73 Å². The Morgan fingerprint density at radius 1 is 1.50 bits per heavy atom. The third kappa shape index (κ3) is 3.82. The van der Waals surface area contributed by atoms with Crippen LogP contribution in [-0.2, 0) is 0 Å². The lowest BCUT2D eigenvalue weighted by Gasteiger charge is -2.15. The maximum Gasteiger partial charge on any atom is 0.0713 e. The summed E-state index contributed by atoms with van der Waals surface area (Å²) >= 11 is 0. The molecular formula is C7H17NO2. The van der Waals surface area contributed by atoms with Crippen LogP contribution in [-0.4, -0.2) is 29.0 Å². The summed E-state index contributed by atoms with van der Waals surface area (Å²) < 4.78 is 0. The van der Waals surface area contributed by atoms with Crippen molar-refractivity contribution in [2.45, 2.75) is 38.3 Å². The summed E-state index contributed by atoms with van der Waals surface area (Å²) in [7, 11) is 0. The van der Waals surface area contributed by atoms with Crippen LogP contribution in [0.3, 0.4) is 0 Å². The van der Waals surface area contributed by atoms with Gasteiger partial charge in [-0.25, -0.2) is 0 Å². The average Bonchev–Trinajstić information content (AvgIpc) is 1.98. The molecule has 3 heteroatoms. The van der Waals surface area contributed by atoms with Gasteiger partial charge in [-0.1, -0.05) is 19.8 Å². The van der Waals surface area contributed by atoms with Crippen LogP contribution < -0.4 is 5.73 Å². The topological polar surface area (TPSA) is 66.5 Å². The van der Waals surface area contributed by atoms with E-state index in [2.05, 4.69) is 6.92 Å². The first-order valence-electron chi connectivity index (χ1n) is 3.76. The zero-order valence-electron chi connectivity index (χ0n) is 6.45. The van der Waals surface area contributed by atoms with Gasteiger partial charge in [0.15, 0.2) is 0 Å². The Balaban J connectivity index is 3.31. The van der Waals surface area contributed by atoms with Crippen molar-refractivity contribution in [1.82, 2.24) is 0 Å². The van der Waals surface area contributed by atoms with E-state index in [1.165, 1.54) is 0 Å². The number of unbranched alkanes of at least 4 members (excludes halogenated alkanes) is 1. The minimum Gasteiger partial charge on any atom is -0.395 e. The first kappa shape index (κ1) is 9.88. The van der Waals surface area contributed by atoms with Gasteiger partial charge in [-0.2, -0.15) is 0 Å². The SMILES string of the molecule is CCCCC(O)C(N)CO. The number of hydrogen-bond acceptors (Lipinski definition) is 3. The Hall–Kier alpha value is -0.120. The number of aliphatic hydroxyl groups is 2. The second kappa shape index (κ2) is 5.65. The van der Waals surface area contributed by atoms with Crippen LogP contribution in [0.25, 0.3) is 0 Å². The molecule has 0 bridgehead atoms. The van der Waals surface area contributed by atoms with Crippen LogP contribution in [0.15, 0.2) is 0 Å². The number of nitrogens with two attached hydrogens (primary N) is 1. The molecule has 0 rings (SSSR count). The summed E-state index contributed by atoms with van der Waals surface area (Å²) in [6.45, 7) is 1.92. The van der Waals surface area contributed by atoms with Crippen molar-refractivity contribution in [2.75, 3.05) is 6.61 Å². The molecule has 2 unspecified atom stereocenters. The zero-order chi connectivity index (χ0) is 7.98. The van der Waals surface area contributed by atoms with E-state index < -0.39 is 12.1 Å². The van der Waals surface area contributed by atoms with Gasteiger partial charge in [0, 0.05) is 0 Å². The molecule has 0 radical (unpaired) electrons. The van der Waals surface area contributed by atoms with Crippen LogP contribution in [0.1, 0.15) is 26.2 Å². The van der Waals surface area contributed by atoms with Gasteiger partial charge in [-0.15, -0.1) is 0 Å². The van der Waals surface area contributed by atoms with Crippen molar-refractivity contribution < 1.29 is 10.2 Å². The lowest BCUT2D eigenvalue weighted by Crippen LogP contribution is -2.37. The summed E-state index contributed by atoms with van der Waals surface area (Å²) in [5.74, 6) is 0. The largest absolute Gasteiger partial charge is 0.395 e. The molecule has 0 aromatic heterocycles. The van der Waals surface area contributed by atoms with Gasteiger partial charge in [0.05, 0.1) is 18.8 Å². The molecule has 0 aromatic carbocycles. The molecular weight excluding hydrogens is 130 g/mol. The minimum atomic E-state index is -0.537. The molecule has 0 heterocycles. The highest BCUT2D eigenvalue weighted by Gasteiger charge is 2.11. The fraction of sp³-hybridized carbons (Fsp3) is 1.00. The van der Waals surface area contributed by atoms with Gasteiger partial charge in [0.2, 0.25) is 0 Å². The standard InChI is InChI=1S/C7H17NO2/c1-2-3-4-7(10)6(8)5-9/h6-7,9-10H,2-5,8H2,1H3. The number of rotatable bonds is 5. The first-order valence-corrected chi connectivity index (χ1v) is 3.76. The van der Waals surface area contributed by atoms with Crippen molar-refractivity contribution in [3.8, 4) is 0 Å². The molecule has 0 aromatic rings. The zero-order valence-corrected chi connectivity index (χ0v) is 6.45. The Morgan fingerprint density at radius 2 is 2.10 bits per heavy atom. The summed E-state index contributed by atoms with van der Waals surface area (Å²) in [5, 5.41) is 17.7. The van der Waals surface area contributed by atoms with Crippen LogP contribution in [0.5, 0.6) is 0 Å². The van der Waals surface area contributed by atoms with Crippen LogP contribution in [0.4, 0.5) is 0 Å². The van der Waals surface area contributed by atoms with Crippen molar-refractivity contribution in [3.63, 3.8) is 0 Å². The Bertz CT molecular complexity index is 78.0. The molecule has 0 saturated heterocycles. The predicted octanol–water partition coefficient (Wildman–Crippen LogP) is -0.143. The highest BCUT2D eigenvalue weighted by Crippen LogP contribution is 2.02. The fourth-order valence-electron chi connectivity index (χ4n) is 0.749. The lowest BCUT2D eigenvalue weighted by molar-refractivity contribution is 0.0995. The molecule has 0 aliphatic rings. The van der Waals surface area contributed by atoms with Gasteiger partial charge in [0.25, 0.3) is 0 Å². The molecule has 0 aliphatic carbocycles. The summed E-state index contributed by atoms with van der Waals surface area (Å²) in [6.07, 6.45) is 2.17. The quantitative estimate of drug-likeness (QED) is 0.507. The molecule has 0 spiro atoms. The van der Waals surface area contributed by atoms with Gasteiger partial charge < -0.3 is 15.9 Å². The molecule has 10 heavy (non-hydrogen) atoms. The van der Waals surface area contributed by atoms with E-state index in [-0.39, 0.29) is 6.61 Å². The van der Waals surface area contributed by atoms with Gasteiger partial charge >= 0.3 is 0 Å². The Kier molecular flexibility index (Phi) is 5.58. The second-order valence-electron chi connectivity index (χ2n) is 2.56. The highest BCUT2D eigenvalue weighted by molar-refractivity contribution is 4.69. The summed E-state index contributed by atoms with van der Waals surface area (Å²) in [4.78, 5) is 0. The van der Waals surface area contributed by atoms with E-state index in [1.54, 1.807) is 0 Å². The third-order valence-electron chi connectivity index (χ3n) is 1.56. The van der Waals surface area contributed by atoms with E-state index in [0.29, 0.717) is 6.42 Å². The molecule has 3 nitrogen and oxygen atoms in total. The number of hydrogen-bond donors (Lipinski definition) is 3. The first-order chi connectivity index (χ1) is 4.72. The molecule has 0 fully saturated rings. The molecule has 0 aliphatic heterocycles. The average molecular weight is 147 g/mol. The molecule has 0 saturated carbocycles. The van der Waals surface area contributed by atoms with Crippen LogP contribution in [0, 0.1) is 0 Å². The molecule has 2 atom stereocenters. The van der Waals surface area contributed by atoms with Crippen LogP contribution in [0.2, 0.25) is 0 Å². The van der Waals surface area contributed by atoms with E-state index in [0.717, 1.165) is 12.8 Å². The third-order valence-corrected chi connectivity index (χ3v) is 1.56.